The van der Waals surface area contributed by atoms with Crippen LogP contribution in [0.3, 0.4) is 0 Å². The van der Waals surface area contributed by atoms with Gasteiger partial charge in [0.1, 0.15) is 0 Å². The van der Waals surface area contributed by atoms with E-state index in [1.165, 1.54) is 0 Å². The largest absolute Gasteiger partial charge is 0.369 e. The highest BCUT2D eigenvalue weighted by atomic mass is 127. The van der Waals surface area contributed by atoms with Crippen LogP contribution >= 0.6 is 24.0 Å². The number of aliphatic imine (C=N–C) groups is 1. The second-order valence-corrected chi connectivity index (χ2v) is 4.97. The van der Waals surface area contributed by atoms with Gasteiger partial charge in [-0.1, -0.05) is 48.5 Å². The third-order valence-corrected chi connectivity index (χ3v) is 3.34. The summed E-state index contributed by atoms with van der Waals surface area (Å²) in [6.45, 7) is 0.521. The fraction of sp³-hybridized carbons (Fsp3) is 0.0556. The van der Waals surface area contributed by atoms with Gasteiger partial charge in [-0.05, 0) is 17.7 Å². The van der Waals surface area contributed by atoms with Crippen LogP contribution in [0.25, 0.3) is 10.9 Å². The van der Waals surface area contributed by atoms with Gasteiger partial charge in [0, 0.05) is 17.1 Å². The second kappa shape index (κ2) is 8.97. The summed E-state index contributed by atoms with van der Waals surface area (Å²) in [7, 11) is 0. The minimum absolute atomic E-state index is 0. The number of benzene rings is 2. The van der Waals surface area contributed by atoms with Crippen LogP contribution in [0.1, 0.15) is 11.1 Å². The quantitative estimate of drug-likeness (QED) is 0.288. The first-order chi connectivity index (χ1) is 11.3. The van der Waals surface area contributed by atoms with Crippen LogP contribution in [0, 0.1) is 0 Å². The molecule has 0 fully saturated rings. The summed E-state index contributed by atoms with van der Waals surface area (Å²) in [4.78, 5) is 8.56. The van der Waals surface area contributed by atoms with E-state index in [1.54, 1.807) is 12.4 Å². The van der Waals surface area contributed by atoms with Crippen LogP contribution in [0.4, 0.5) is 0 Å². The Balaban J connectivity index is 0.00000208. The molecular formula is C18H18IN5. The molecule has 0 atom stereocenters. The van der Waals surface area contributed by atoms with Crippen LogP contribution in [0.5, 0.6) is 0 Å². The van der Waals surface area contributed by atoms with Crippen LogP contribution in [-0.2, 0) is 6.54 Å². The first-order valence-electron chi connectivity index (χ1n) is 7.29. The number of nitrogens with one attached hydrogen (secondary N) is 1. The molecule has 3 rings (SSSR count). The zero-order chi connectivity index (χ0) is 15.9. The molecule has 3 N–H and O–H groups in total. The summed E-state index contributed by atoms with van der Waals surface area (Å²) in [6, 6.07) is 19.7. The molecule has 0 aliphatic carbocycles. The predicted octanol–water partition coefficient (Wildman–Crippen LogP) is 3.29. The molecule has 122 valence electrons. The van der Waals surface area contributed by atoms with Gasteiger partial charge in [-0.25, -0.2) is 10.4 Å². The molecule has 0 bridgehead atoms. The van der Waals surface area contributed by atoms with E-state index < -0.39 is 0 Å². The van der Waals surface area contributed by atoms with E-state index in [4.69, 9.17) is 5.73 Å². The Hall–Kier alpha value is -2.48. The number of nitrogens with zero attached hydrogens (tertiary/aromatic N) is 3. The number of hydrogen-bond donors (Lipinski definition) is 2. The summed E-state index contributed by atoms with van der Waals surface area (Å²) in [6.07, 6.45) is 3.48. The first-order valence-corrected chi connectivity index (χ1v) is 7.29. The molecule has 1 aromatic heterocycles. The minimum atomic E-state index is 0. The second-order valence-electron chi connectivity index (χ2n) is 4.97. The van der Waals surface area contributed by atoms with Gasteiger partial charge in [0.05, 0.1) is 18.3 Å². The van der Waals surface area contributed by atoms with E-state index in [-0.39, 0.29) is 29.9 Å². The van der Waals surface area contributed by atoms with Crippen molar-refractivity contribution in [2.45, 2.75) is 6.54 Å². The monoisotopic (exact) mass is 431 g/mol. The Morgan fingerprint density at radius 1 is 1.04 bits per heavy atom. The maximum atomic E-state index is 5.81. The number of guanidine groups is 1. The van der Waals surface area contributed by atoms with Crippen molar-refractivity contribution < 1.29 is 0 Å². The predicted molar refractivity (Wildman–Crippen MR) is 110 cm³/mol. The molecule has 0 saturated carbocycles. The highest BCUT2D eigenvalue weighted by Gasteiger charge is 1.98. The lowest BCUT2D eigenvalue weighted by Gasteiger charge is -2.02. The van der Waals surface area contributed by atoms with Gasteiger partial charge in [-0.2, -0.15) is 5.10 Å². The fourth-order valence-electron chi connectivity index (χ4n) is 2.19. The van der Waals surface area contributed by atoms with Crippen molar-refractivity contribution in [1.82, 2.24) is 10.4 Å². The fourth-order valence-corrected chi connectivity index (χ4v) is 2.19. The normalized spacial score (nSPS) is 11.4. The molecule has 0 unspecified atom stereocenters. The zero-order valence-corrected chi connectivity index (χ0v) is 15.3. The Kier molecular flexibility index (Phi) is 6.68. The number of rotatable bonds is 4. The molecule has 0 aliphatic heterocycles. The van der Waals surface area contributed by atoms with E-state index in [2.05, 4.69) is 20.5 Å². The maximum Gasteiger partial charge on any atom is 0.209 e. The molecule has 0 amide bonds. The molecule has 1 heterocycles. The number of para-hydroxylation sites is 1. The van der Waals surface area contributed by atoms with E-state index >= 15 is 0 Å². The number of halogens is 1. The molecule has 0 saturated heterocycles. The first kappa shape index (κ1) is 17.9. The third-order valence-electron chi connectivity index (χ3n) is 3.34. The Labute approximate surface area is 157 Å². The van der Waals surface area contributed by atoms with Crippen molar-refractivity contribution in [2.75, 3.05) is 0 Å². The van der Waals surface area contributed by atoms with E-state index in [9.17, 15) is 0 Å². The summed E-state index contributed by atoms with van der Waals surface area (Å²) < 4.78 is 0. The Morgan fingerprint density at radius 2 is 1.79 bits per heavy atom. The van der Waals surface area contributed by atoms with Crippen molar-refractivity contribution >= 4 is 47.1 Å². The van der Waals surface area contributed by atoms with E-state index in [0.29, 0.717) is 6.54 Å². The smallest absolute Gasteiger partial charge is 0.209 e. The van der Waals surface area contributed by atoms with Gasteiger partial charge in [0.15, 0.2) is 0 Å². The summed E-state index contributed by atoms with van der Waals surface area (Å²) in [5.41, 5.74) is 11.6. The van der Waals surface area contributed by atoms with Gasteiger partial charge in [-0.3, -0.25) is 4.98 Å². The molecule has 6 heteroatoms. The molecular weight excluding hydrogens is 413 g/mol. The lowest BCUT2D eigenvalue weighted by Crippen LogP contribution is -2.27. The summed E-state index contributed by atoms with van der Waals surface area (Å²) in [5, 5.41) is 5.19. The van der Waals surface area contributed by atoms with Crippen molar-refractivity contribution in [3.63, 3.8) is 0 Å². The maximum absolute atomic E-state index is 5.81. The molecule has 0 radical (unpaired) electrons. The summed E-state index contributed by atoms with van der Waals surface area (Å²) in [5.74, 6) is 0.281. The minimum Gasteiger partial charge on any atom is -0.369 e. The van der Waals surface area contributed by atoms with Crippen LogP contribution < -0.4 is 11.2 Å². The van der Waals surface area contributed by atoms with Gasteiger partial charge in [0.2, 0.25) is 5.96 Å². The summed E-state index contributed by atoms with van der Waals surface area (Å²) >= 11 is 0. The van der Waals surface area contributed by atoms with Crippen LogP contribution in [-0.4, -0.2) is 17.2 Å². The molecule has 3 aromatic rings. The molecule has 24 heavy (non-hydrogen) atoms. The third kappa shape index (κ3) is 4.76. The van der Waals surface area contributed by atoms with Gasteiger partial charge in [-0.15, -0.1) is 24.0 Å². The zero-order valence-electron chi connectivity index (χ0n) is 13.0. The lowest BCUT2D eigenvalue weighted by atomic mass is 10.1. The number of pyridine rings is 1. The van der Waals surface area contributed by atoms with Crippen molar-refractivity contribution in [3.8, 4) is 0 Å². The standard InChI is InChI=1S/C18H17N5.HI/c19-18(21-12-14-6-2-1-3-7-14)23-22-13-15-10-11-20-17-9-5-4-8-16(15)17;/h1-11,13H,12H2,(H3,19,21,23);1H/b22-13-;. The van der Waals surface area contributed by atoms with Gasteiger partial charge < -0.3 is 5.73 Å². The van der Waals surface area contributed by atoms with Gasteiger partial charge >= 0.3 is 0 Å². The van der Waals surface area contributed by atoms with Gasteiger partial charge in [0.25, 0.3) is 0 Å². The van der Waals surface area contributed by atoms with Crippen LogP contribution in [0.15, 0.2) is 77.0 Å². The van der Waals surface area contributed by atoms with E-state index in [1.807, 2.05) is 60.7 Å². The highest BCUT2D eigenvalue weighted by molar-refractivity contribution is 14.0. The topological polar surface area (TPSA) is 75.7 Å². The Bertz CT molecular complexity index is 841. The van der Waals surface area contributed by atoms with Crippen molar-refractivity contribution in [1.29, 1.82) is 0 Å². The van der Waals surface area contributed by atoms with Crippen molar-refractivity contribution in [2.24, 2.45) is 15.8 Å². The Morgan fingerprint density at radius 3 is 2.62 bits per heavy atom. The number of hydrogen-bond acceptors (Lipinski definition) is 3. The van der Waals surface area contributed by atoms with Crippen LogP contribution in [0.2, 0.25) is 0 Å². The average Bonchev–Trinajstić information content (AvgIpc) is 2.61. The highest BCUT2D eigenvalue weighted by Crippen LogP contribution is 2.13. The SMILES string of the molecule is I.NC(=NCc1ccccc1)N/N=C\c1ccnc2ccccc12. The lowest BCUT2D eigenvalue weighted by molar-refractivity contribution is 0.963. The number of aromatic nitrogens is 1. The number of hydrazone groups is 1. The van der Waals surface area contributed by atoms with Crippen molar-refractivity contribution in [3.05, 3.63) is 78.0 Å². The molecule has 5 nitrogen and oxygen atoms in total. The molecule has 0 aliphatic rings. The molecule has 2 aromatic carbocycles. The number of nitrogens with two attached hydrogens (primary N) is 1. The van der Waals surface area contributed by atoms with E-state index in [0.717, 1.165) is 22.0 Å². The molecule has 0 spiro atoms. The number of fused-ring (bicyclic) bond motifs is 1. The average molecular weight is 431 g/mol.